The zero-order valence-electron chi connectivity index (χ0n) is 18.5. The Morgan fingerprint density at radius 1 is 0.853 bits per heavy atom. The van der Waals surface area contributed by atoms with Crippen molar-refractivity contribution in [1.82, 2.24) is 4.98 Å². The van der Waals surface area contributed by atoms with Crippen LogP contribution in [-0.4, -0.2) is 16.9 Å². The van der Waals surface area contributed by atoms with Crippen molar-refractivity contribution in [2.75, 3.05) is 21.3 Å². The quantitative estimate of drug-likeness (QED) is 0.235. The van der Waals surface area contributed by atoms with Gasteiger partial charge in [-0.05, 0) is 67.1 Å². The average molecular weight is 450 g/mol. The number of aromatic amines is 1. The highest BCUT2D eigenvalue weighted by molar-refractivity contribution is 6.35. The summed E-state index contributed by atoms with van der Waals surface area (Å²) in [6, 6.07) is 24.3. The number of H-pyrrole nitrogens is 1. The zero-order valence-corrected chi connectivity index (χ0v) is 18.5. The Labute approximate surface area is 196 Å². The number of nitrogens with one attached hydrogen (secondary N) is 5. The summed E-state index contributed by atoms with van der Waals surface area (Å²) in [5, 5.41) is 12.0. The van der Waals surface area contributed by atoms with E-state index in [0.29, 0.717) is 11.3 Å². The van der Waals surface area contributed by atoms with Crippen molar-refractivity contribution in [2.24, 2.45) is 0 Å². The molecule has 0 saturated carbocycles. The van der Waals surface area contributed by atoms with Gasteiger partial charge in [0.05, 0.1) is 11.3 Å². The molecule has 0 bridgehead atoms. The molecule has 5 rings (SSSR count). The summed E-state index contributed by atoms with van der Waals surface area (Å²) in [5.74, 6) is -0.131. The third-order valence-electron chi connectivity index (χ3n) is 5.53. The molecule has 3 aromatic carbocycles. The maximum absolute atomic E-state index is 12.5. The molecule has 5 N–H and O–H groups in total. The van der Waals surface area contributed by atoms with E-state index in [-0.39, 0.29) is 11.9 Å². The highest BCUT2D eigenvalue weighted by atomic mass is 16.2. The third-order valence-corrected chi connectivity index (χ3v) is 5.53. The van der Waals surface area contributed by atoms with E-state index in [9.17, 15) is 9.59 Å². The van der Waals surface area contributed by atoms with Crippen molar-refractivity contribution in [3.8, 4) is 0 Å². The van der Waals surface area contributed by atoms with Gasteiger partial charge in [-0.15, -0.1) is 0 Å². The van der Waals surface area contributed by atoms with Crippen LogP contribution in [0.3, 0.4) is 0 Å². The molecule has 7 nitrogen and oxygen atoms in total. The Morgan fingerprint density at radius 2 is 1.65 bits per heavy atom. The maximum atomic E-state index is 12.5. The number of para-hydroxylation sites is 1. The van der Waals surface area contributed by atoms with E-state index in [1.54, 1.807) is 0 Å². The minimum atomic E-state index is -0.312. The van der Waals surface area contributed by atoms with Crippen LogP contribution in [0.5, 0.6) is 0 Å². The molecule has 0 atom stereocenters. The van der Waals surface area contributed by atoms with Crippen LogP contribution in [-0.2, 0) is 4.79 Å². The molecule has 1 aliphatic heterocycles. The number of amides is 3. The van der Waals surface area contributed by atoms with Crippen molar-refractivity contribution >= 4 is 52.0 Å². The van der Waals surface area contributed by atoms with Crippen molar-refractivity contribution in [1.29, 1.82) is 0 Å². The van der Waals surface area contributed by atoms with Gasteiger partial charge in [0.2, 0.25) is 0 Å². The molecule has 7 heteroatoms. The monoisotopic (exact) mass is 449 g/mol. The second-order valence-corrected chi connectivity index (χ2v) is 8.00. The first-order valence-electron chi connectivity index (χ1n) is 10.9. The lowest BCUT2D eigenvalue weighted by atomic mass is 10.1. The number of anilines is 5. The lowest BCUT2D eigenvalue weighted by molar-refractivity contribution is -0.110. The van der Waals surface area contributed by atoms with Crippen LogP contribution in [0, 0.1) is 6.92 Å². The van der Waals surface area contributed by atoms with Gasteiger partial charge >= 0.3 is 6.03 Å². The summed E-state index contributed by atoms with van der Waals surface area (Å²) in [7, 11) is 0. The summed E-state index contributed by atoms with van der Waals surface area (Å²) in [5.41, 5.74) is 7.09. The van der Waals surface area contributed by atoms with E-state index in [2.05, 4.69) is 26.3 Å². The zero-order chi connectivity index (χ0) is 23.5. The topological polar surface area (TPSA) is 98.0 Å². The van der Waals surface area contributed by atoms with Gasteiger partial charge in [-0.25, -0.2) is 4.79 Å². The SMILES string of the molecule is Cc1ccc(Nc2ccc3c(c2)NC(=O)/C3=C\c2ccc[nH]2)cc1NC(=O)Nc1ccccc1. The molecule has 0 unspecified atom stereocenters. The van der Waals surface area contributed by atoms with E-state index in [1.807, 2.05) is 98.1 Å². The molecular formula is C27H23N5O2. The highest BCUT2D eigenvalue weighted by Gasteiger charge is 2.24. The number of urea groups is 1. The molecule has 0 saturated heterocycles. The van der Waals surface area contributed by atoms with Gasteiger partial charge in [0.1, 0.15) is 0 Å². The molecule has 4 aromatic rings. The van der Waals surface area contributed by atoms with Gasteiger partial charge in [-0.3, -0.25) is 4.79 Å². The second-order valence-electron chi connectivity index (χ2n) is 8.00. The Bertz CT molecular complexity index is 1390. The molecule has 0 spiro atoms. The summed E-state index contributed by atoms with van der Waals surface area (Å²) in [6.45, 7) is 1.94. The number of aromatic nitrogens is 1. The van der Waals surface area contributed by atoms with Crippen molar-refractivity contribution in [3.05, 3.63) is 102 Å². The number of carbonyl (C=O) groups excluding carboxylic acids is 2. The summed E-state index contributed by atoms with van der Waals surface area (Å²) in [6.07, 6.45) is 3.66. The summed E-state index contributed by atoms with van der Waals surface area (Å²) >= 11 is 0. The van der Waals surface area contributed by atoms with E-state index in [0.717, 1.165) is 39.6 Å². The molecule has 0 radical (unpaired) electrons. The Kier molecular flexibility index (Phi) is 5.58. The first-order valence-corrected chi connectivity index (χ1v) is 10.9. The minimum absolute atomic E-state index is 0.131. The van der Waals surface area contributed by atoms with E-state index in [4.69, 9.17) is 0 Å². The summed E-state index contributed by atoms with van der Waals surface area (Å²) in [4.78, 5) is 28.0. The van der Waals surface area contributed by atoms with Gasteiger partial charge in [-0.2, -0.15) is 0 Å². The highest BCUT2D eigenvalue weighted by Crippen LogP contribution is 2.36. The first kappa shape index (κ1) is 21.1. The van der Waals surface area contributed by atoms with Crippen LogP contribution in [0.4, 0.5) is 33.2 Å². The number of benzene rings is 3. The second kappa shape index (κ2) is 8.99. The lowest BCUT2D eigenvalue weighted by Gasteiger charge is -2.13. The van der Waals surface area contributed by atoms with E-state index in [1.165, 1.54) is 0 Å². The number of carbonyl (C=O) groups is 2. The molecular weight excluding hydrogens is 426 g/mol. The molecule has 0 aliphatic carbocycles. The largest absolute Gasteiger partial charge is 0.362 e. The molecule has 0 fully saturated rings. The fraction of sp³-hybridized carbons (Fsp3) is 0.0370. The van der Waals surface area contributed by atoms with Crippen LogP contribution < -0.4 is 21.3 Å². The van der Waals surface area contributed by atoms with Crippen molar-refractivity contribution in [2.45, 2.75) is 6.92 Å². The Morgan fingerprint density at radius 3 is 2.44 bits per heavy atom. The molecule has 168 valence electrons. The average Bonchev–Trinajstić information content (AvgIpc) is 3.44. The molecule has 2 heterocycles. The predicted octanol–water partition coefficient (Wildman–Crippen LogP) is 6.20. The summed E-state index contributed by atoms with van der Waals surface area (Å²) < 4.78 is 0. The standard InChI is InChI=1S/C27H23N5O2/c1-17-9-10-20(15-24(17)32-27(34)30-18-6-3-2-4-7-18)29-21-11-12-22-23(14-19-8-5-13-28-19)26(33)31-25(22)16-21/h2-16,28-29H,1H3,(H,31,33)(H2,30,32,34)/b23-14-. The fourth-order valence-electron chi connectivity index (χ4n) is 3.81. The number of aryl methyl sites for hydroxylation is 1. The Balaban J connectivity index is 1.32. The smallest absolute Gasteiger partial charge is 0.323 e. The molecule has 3 amide bonds. The van der Waals surface area contributed by atoms with Gasteiger partial charge in [0.25, 0.3) is 5.91 Å². The predicted molar refractivity (Wildman–Crippen MR) is 137 cm³/mol. The molecule has 1 aliphatic rings. The van der Waals surface area contributed by atoms with Crippen molar-refractivity contribution < 1.29 is 9.59 Å². The van der Waals surface area contributed by atoms with Gasteiger partial charge in [0.15, 0.2) is 0 Å². The first-order chi connectivity index (χ1) is 16.5. The van der Waals surface area contributed by atoms with Gasteiger partial charge in [0, 0.05) is 40.2 Å². The minimum Gasteiger partial charge on any atom is -0.362 e. The number of rotatable bonds is 5. The van der Waals surface area contributed by atoms with Crippen molar-refractivity contribution in [3.63, 3.8) is 0 Å². The Hall–Kier alpha value is -4.78. The van der Waals surface area contributed by atoms with Crippen LogP contribution >= 0.6 is 0 Å². The fourth-order valence-corrected chi connectivity index (χ4v) is 3.81. The molecule has 1 aromatic heterocycles. The maximum Gasteiger partial charge on any atom is 0.323 e. The van der Waals surface area contributed by atoms with Gasteiger partial charge < -0.3 is 26.3 Å². The normalized spacial score (nSPS) is 13.3. The van der Waals surface area contributed by atoms with Crippen LogP contribution in [0.15, 0.2) is 85.1 Å². The van der Waals surface area contributed by atoms with Gasteiger partial charge in [-0.1, -0.05) is 30.3 Å². The number of hydrogen-bond donors (Lipinski definition) is 5. The van der Waals surface area contributed by atoms with Crippen LogP contribution in [0.25, 0.3) is 11.6 Å². The van der Waals surface area contributed by atoms with E-state index >= 15 is 0 Å². The van der Waals surface area contributed by atoms with Crippen LogP contribution in [0.2, 0.25) is 0 Å². The number of hydrogen-bond acceptors (Lipinski definition) is 3. The molecule has 34 heavy (non-hydrogen) atoms. The lowest BCUT2D eigenvalue weighted by Crippen LogP contribution is -2.19. The van der Waals surface area contributed by atoms with Crippen LogP contribution in [0.1, 0.15) is 16.8 Å². The third kappa shape index (κ3) is 4.54. The van der Waals surface area contributed by atoms with E-state index < -0.39 is 0 Å². The number of fused-ring (bicyclic) bond motifs is 1.